The summed E-state index contributed by atoms with van der Waals surface area (Å²) in [6.45, 7) is 8.99. The van der Waals surface area contributed by atoms with Gasteiger partial charge in [-0.05, 0) is 67.1 Å². The van der Waals surface area contributed by atoms with Gasteiger partial charge in [-0.3, -0.25) is 9.59 Å². The number of carbonyl (C=O) groups excluding carboxylic acids is 2. The predicted molar refractivity (Wildman–Crippen MR) is 141 cm³/mol. The second kappa shape index (κ2) is 11.1. The third kappa shape index (κ3) is 5.77. The van der Waals surface area contributed by atoms with E-state index in [-0.39, 0.29) is 30.9 Å². The molecule has 0 aliphatic carbocycles. The van der Waals surface area contributed by atoms with E-state index in [1.54, 1.807) is 41.7 Å². The number of hydrogen-bond acceptors (Lipinski definition) is 4. The van der Waals surface area contributed by atoms with Crippen LogP contribution in [0.2, 0.25) is 5.02 Å². The Morgan fingerprint density at radius 2 is 2.06 bits per heavy atom. The third-order valence-electron chi connectivity index (χ3n) is 6.18. The molecule has 0 radical (unpaired) electrons. The number of fused-ring (bicyclic) bond motifs is 1. The third-order valence-corrected chi connectivity index (χ3v) is 7.41. The van der Waals surface area contributed by atoms with Gasteiger partial charge in [0.1, 0.15) is 18.9 Å². The lowest BCUT2D eigenvalue weighted by molar-refractivity contribution is -0.135. The van der Waals surface area contributed by atoms with Crippen LogP contribution in [0.5, 0.6) is 5.75 Å². The van der Waals surface area contributed by atoms with Crippen LogP contribution in [-0.4, -0.2) is 47.9 Å². The van der Waals surface area contributed by atoms with E-state index in [9.17, 15) is 9.59 Å². The summed E-state index contributed by atoms with van der Waals surface area (Å²) in [7, 11) is 0. The van der Waals surface area contributed by atoms with Gasteiger partial charge >= 0.3 is 0 Å². The molecule has 3 aromatic rings. The van der Waals surface area contributed by atoms with Crippen molar-refractivity contribution in [3.8, 4) is 5.75 Å². The summed E-state index contributed by atoms with van der Waals surface area (Å²) < 4.78 is 6.22. The van der Waals surface area contributed by atoms with Crippen molar-refractivity contribution < 1.29 is 14.3 Å². The summed E-state index contributed by atoms with van der Waals surface area (Å²) in [4.78, 5) is 31.3. The molecule has 0 fully saturated rings. The van der Waals surface area contributed by atoms with Crippen molar-refractivity contribution in [3.63, 3.8) is 0 Å². The van der Waals surface area contributed by atoms with E-state index in [4.69, 9.17) is 16.3 Å². The van der Waals surface area contributed by atoms with Crippen molar-refractivity contribution in [2.24, 2.45) is 0 Å². The highest BCUT2D eigenvalue weighted by atomic mass is 35.5. The first-order valence-electron chi connectivity index (χ1n) is 11.6. The average molecular weight is 509 g/mol. The minimum atomic E-state index is -0.253. The van der Waals surface area contributed by atoms with Gasteiger partial charge in [0, 0.05) is 28.6 Å². The van der Waals surface area contributed by atoms with Crippen LogP contribution in [0.1, 0.15) is 38.0 Å². The number of hydrogen-bond donors (Lipinski definition) is 0. The lowest BCUT2D eigenvalue weighted by Gasteiger charge is -2.37. The zero-order valence-electron chi connectivity index (χ0n) is 20.0. The molecule has 4 rings (SSSR count). The number of nitrogens with zero attached hydrogens (tertiary/aromatic N) is 2. The van der Waals surface area contributed by atoms with Gasteiger partial charge in [0.05, 0.1) is 6.04 Å². The van der Waals surface area contributed by atoms with Gasteiger partial charge in [-0.2, -0.15) is 0 Å². The Bertz CT molecular complexity index is 1240. The number of benzene rings is 2. The first-order valence-corrected chi connectivity index (χ1v) is 12.8. The first-order chi connectivity index (χ1) is 16.9. The molecular weight excluding hydrogens is 480 g/mol. The molecule has 1 aromatic heterocycles. The van der Waals surface area contributed by atoms with Crippen LogP contribution in [0.15, 0.2) is 66.6 Å². The van der Waals surface area contributed by atoms with Crippen molar-refractivity contribution in [2.45, 2.75) is 26.3 Å². The molecule has 2 heterocycles. The average Bonchev–Trinajstić information content (AvgIpc) is 3.32. The number of ether oxygens (including phenoxy) is 1. The number of aryl methyl sites for hydroxylation is 2. The van der Waals surface area contributed by atoms with Crippen LogP contribution in [0, 0.1) is 13.8 Å². The molecule has 1 atom stereocenters. The van der Waals surface area contributed by atoms with Crippen LogP contribution in [-0.2, 0) is 11.2 Å². The maximum atomic E-state index is 13.6. The summed E-state index contributed by atoms with van der Waals surface area (Å²) >= 11 is 7.79. The zero-order chi connectivity index (χ0) is 24.9. The summed E-state index contributed by atoms with van der Waals surface area (Å²) in [6, 6.07) is 14.7. The Labute approximate surface area is 215 Å². The number of halogens is 1. The quantitative estimate of drug-likeness (QED) is 0.358. The van der Waals surface area contributed by atoms with E-state index >= 15 is 0 Å². The minimum absolute atomic E-state index is 0.0447. The summed E-state index contributed by atoms with van der Waals surface area (Å²) in [5, 5.41) is 2.54. The Morgan fingerprint density at radius 3 is 2.80 bits per heavy atom. The van der Waals surface area contributed by atoms with E-state index in [2.05, 4.69) is 31.0 Å². The lowest BCUT2D eigenvalue weighted by atomic mass is 10.00. The monoisotopic (exact) mass is 508 g/mol. The lowest BCUT2D eigenvalue weighted by Crippen LogP contribution is -2.47. The number of rotatable bonds is 8. The van der Waals surface area contributed by atoms with E-state index in [0.29, 0.717) is 23.7 Å². The predicted octanol–water partition coefficient (Wildman–Crippen LogP) is 5.85. The highest BCUT2D eigenvalue weighted by Gasteiger charge is 2.33. The Hall–Kier alpha value is -3.09. The molecule has 0 spiro atoms. The molecule has 5 nitrogen and oxygen atoms in total. The topological polar surface area (TPSA) is 49.9 Å². The fourth-order valence-corrected chi connectivity index (χ4v) is 5.56. The maximum absolute atomic E-state index is 13.6. The van der Waals surface area contributed by atoms with E-state index < -0.39 is 0 Å². The van der Waals surface area contributed by atoms with Gasteiger partial charge in [-0.15, -0.1) is 17.9 Å². The van der Waals surface area contributed by atoms with Crippen LogP contribution < -0.4 is 4.74 Å². The molecule has 35 heavy (non-hydrogen) atoms. The Balaban J connectivity index is 1.54. The maximum Gasteiger partial charge on any atom is 0.254 e. The normalized spacial score (nSPS) is 14.8. The van der Waals surface area contributed by atoms with E-state index in [1.807, 2.05) is 24.0 Å². The summed E-state index contributed by atoms with van der Waals surface area (Å²) in [6.07, 6.45) is 2.42. The first kappa shape index (κ1) is 25.0. The standard InChI is InChI=1S/C28H29ClN2O3S/c1-4-12-30(28(33)21-6-5-7-22(29)16-21)17-27(32)31-13-10-26-23(11-14-35-26)24(31)18-34-25-9-8-19(2)15-20(25)3/h4-9,11,14-16,24H,1,10,12-13,17-18H2,2-3H3/t24-/m1/s1. The molecule has 0 saturated heterocycles. The molecule has 0 N–H and O–H groups in total. The smallest absolute Gasteiger partial charge is 0.254 e. The van der Waals surface area contributed by atoms with E-state index in [0.717, 1.165) is 23.3 Å². The molecule has 0 unspecified atom stereocenters. The molecule has 2 amide bonds. The molecule has 0 saturated carbocycles. The Morgan fingerprint density at radius 1 is 1.23 bits per heavy atom. The molecule has 182 valence electrons. The van der Waals surface area contributed by atoms with Gasteiger partial charge < -0.3 is 14.5 Å². The van der Waals surface area contributed by atoms with Gasteiger partial charge in [0.15, 0.2) is 0 Å². The van der Waals surface area contributed by atoms with Crippen LogP contribution in [0.3, 0.4) is 0 Å². The van der Waals surface area contributed by atoms with Crippen molar-refractivity contribution in [2.75, 3.05) is 26.2 Å². The highest BCUT2D eigenvalue weighted by Crippen LogP contribution is 2.34. The van der Waals surface area contributed by atoms with Crippen LogP contribution in [0.25, 0.3) is 0 Å². The number of amides is 2. The Kier molecular flexibility index (Phi) is 7.93. The zero-order valence-corrected chi connectivity index (χ0v) is 21.6. The number of thiophene rings is 1. The van der Waals surface area contributed by atoms with Crippen LogP contribution >= 0.6 is 22.9 Å². The molecule has 2 aromatic carbocycles. The number of carbonyl (C=O) groups is 2. The summed E-state index contributed by atoms with van der Waals surface area (Å²) in [5.41, 5.74) is 3.81. The SMILES string of the molecule is C=CCN(CC(=O)N1CCc2sccc2[C@H]1COc1ccc(C)cc1C)C(=O)c1cccc(Cl)c1. The molecular formula is C28H29ClN2O3S. The largest absolute Gasteiger partial charge is 0.491 e. The fourth-order valence-electron chi connectivity index (χ4n) is 4.44. The van der Waals surface area contributed by atoms with Gasteiger partial charge in [0.25, 0.3) is 5.91 Å². The second-order valence-electron chi connectivity index (χ2n) is 8.72. The van der Waals surface area contributed by atoms with Gasteiger partial charge in [0.2, 0.25) is 5.91 Å². The molecule has 7 heteroatoms. The van der Waals surface area contributed by atoms with Gasteiger partial charge in [-0.1, -0.05) is 41.4 Å². The summed E-state index contributed by atoms with van der Waals surface area (Å²) in [5.74, 6) is 0.445. The van der Waals surface area contributed by atoms with Crippen molar-refractivity contribution in [1.82, 2.24) is 9.80 Å². The van der Waals surface area contributed by atoms with Crippen LogP contribution in [0.4, 0.5) is 0 Å². The van der Waals surface area contributed by atoms with Crippen molar-refractivity contribution in [3.05, 3.63) is 98.7 Å². The molecule has 1 aliphatic rings. The van der Waals surface area contributed by atoms with E-state index in [1.165, 1.54) is 15.3 Å². The highest BCUT2D eigenvalue weighted by molar-refractivity contribution is 7.10. The minimum Gasteiger partial charge on any atom is -0.491 e. The van der Waals surface area contributed by atoms with Crippen molar-refractivity contribution in [1.29, 1.82) is 0 Å². The van der Waals surface area contributed by atoms with Crippen molar-refractivity contribution >= 4 is 34.8 Å². The van der Waals surface area contributed by atoms with Gasteiger partial charge in [-0.25, -0.2) is 0 Å². The molecule has 0 bridgehead atoms. The fraction of sp³-hybridized carbons (Fsp3) is 0.286. The second-order valence-corrected chi connectivity index (χ2v) is 10.2. The molecule has 1 aliphatic heterocycles.